The molecule has 2 aromatic rings. The lowest BCUT2D eigenvalue weighted by Crippen LogP contribution is -2.26. The molecule has 1 aliphatic heterocycles. The average Bonchev–Trinajstić information content (AvgIpc) is 2.47. The van der Waals surface area contributed by atoms with Crippen molar-refractivity contribution in [3.63, 3.8) is 0 Å². The van der Waals surface area contributed by atoms with Gasteiger partial charge in [0, 0.05) is 13.1 Å². The van der Waals surface area contributed by atoms with Crippen LogP contribution in [0.5, 0.6) is 5.75 Å². The Hall–Kier alpha value is -2.76. The summed E-state index contributed by atoms with van der Waals surface area (Å²) in [5, 5.41) is 2.71. The average molecular weight is 287 g/mol. The lowest BCUT2D eigenvalue weighted by molar-refractivity contribution is -0.118. The van der Waals surface area contributed by atoms with Crippen LogP contribution < -0.4 is 20.7 Å². The molecule has 0 fully saturated rings. The number of carbonyl (C=O) groups excluding carboxylic acids is 1. The van der Waals surface area contributed by atoms with Gasteiger partial charge in [-0.25, -0.2) is 4.39 Å². The first kappa shape index (κ1) is 13.2. The minimum Gasteiger partial charge on any atom is -0.482 e. The van der Waals surface area contributed by atoms with Gasteiger partial charge < -0.3 is 20.7 Å². The molecule has 0 spiro atoms. The summed E-state index contributed by atoms with van der Waals surface area (Å²) in [6, 6.07) is 9.70. The zero-order chi connectivity index (χ0) is 15.0. The van der Waals surface area contributed by atoms with Crippen molar-refractivity contribution < 1.29 is 13.9 Å². The van der Waals surface area contributed by atoms with E-state index in [1.54, 1.807) is 42.3 Å². The number of para-hydroxylation sites is 1. The van der Waals surface area contributed by atoms with Gasteiger partial charge in [0.15, 0.2) is 6.61 Å². The topological polar surface area (TPSA) is 67.6 Å². The molecule has 5 nitrogen and oxygen atoms in total. The van der Waals surface area contributed by atoms with Crippen LogP contribution >= 0.6 is 0 Å². The monoisotopic (exact) mass is 287 g/mol. The van der Waals surface area contributed by atoms with Gasteiger partial charge in [-0.3, -0.25) is 4.79 Å². The third-order valence-corrected chi connectivity index (χ3v) is 3.34. The molecule has 0 atom stereocenters. The van der Waals surface area contributed by atoms with E-state index in [1.165, 1.54) is 6.07 Å². The Balaban J connectivity index is 2.04. The minimum atomic E-state index is -0.350. The number of nitrogens with one attached hydrogen (secondary N) is 1. The number of rotatable bonds is 2. The lowest BCUT2D eigenvalue weighted by Gasteiger charge is -2.25. The summed E-state index contributed by atoms with van der Waals surface area (Å²) in [6.07, 6.45) is 0. The number of benzene rings is 2. The number of ether oxygens (including phenoxy) is 1. The highest BCUT2D eigenvalue weighted by Crippen LogP contribution is 2.39. The van der Waals surface area contributed by atoms with Gasteiger partial charge in [-0.2, -0.15) is 0 Å². The number of nitrogen functional groups attached to an aromatic ring is 1. The molecule has 3 N–H and O–H groups in total. The molecule has 0 bridgehead atoms. The van der Waals surface area contributed by atoms with Crippen LogP contribution in [-0.4, -0.2) is 19.6 Å². The van der Waals surface area contributed by atoms with Gasteiger partial charge in [0.2, 0.25) is 0 Å². The predicted molar refractivity (Wildman–Crippen MR) is 79.4 cm³/mol. The van der Waals surface area contributed by atoms with E-state index >= 15 is 0 Å². The molecule has 2 aromatic carbocycles. The second kappa shape index (κ2) is 4.97. The molecule has 0 radical (unpaired) electrons. The lowest BCUT2D eigenvalue weighted by atomic mass is 10.1. The van der Waals surface area contributed by atoms with Crippen LogP contribution in [0.3, 0.4) is 0 Å². The van der Waals surface area contributed by atoms with Crippen LogP contribution in [0.2, 0.25) is 0 Å². The van der Waals surface area contributed by atoms with E-state index in [9.17, 15) is 9.18 Å². The van der Waals surface area contributed by atoms with Crippen molar-refractivity contribution in [1.29, 1.82) is 0 Å². The van der Waals surface area contributed by atoms with Crippen molar-refractivity contribution in [3.8, 4) is 5.75 Å². The molecule has 0 unspecified atom stereocenters. The number of anilines is 4. The van der Waals surface area contributed by atoms with Crippen molar-refractivity contribution >= 4 is 28.7 Å². The van der Waals surface area contributed by atoms with Crippen LogP contribution in [0.15, 0.2) is 36.4 Å². The third-order valence-electron chi connectivity index (χ3n) is 3.34. The number of fused-ring (bicyclic) bond motifs is 1. The largest absolute Gasteiger partial charge is 0.482 e. The fraction of sp³-hybridized carbons (Fsp3) is 0.133. The number of amides is 1. The summed E-state index contributed by atoms with van der Waals surface area (Å²) in [6.45, 7) is -0.0328. The molecule has 1 heterocycles. The molecular weight excluding hydrogens is 273 g/mol. The molecule has 21 heavy (non-hydrogen) atoms. The van der Waals surface area contributed by atoms with Crippen molar-refractivity contribution in [3.05, 3.63) is 42.2 Å². The quantitative estimate of drug-likeness (QED) is 0.833. The molecule has 0 saturated heterocycles. The summed E-state index contributed by atoms with van der Waals surface area (Å²) >= 11 is 0. The van der Waals surface area contributed by atoms with Gasteiger partial charge in [0.25, 0.3) is 5.91 Å². The zero-order valence-electron chi connectivity index (χ0n) is 11.4. The number of nitrogens with two attached hydrogens (primary N) is 1. The SMILES string of the molecule is CN(c1cc2c(cc1N)OCC(=O)N2)c1ccccc1F. The number of hydrogen-bond donors (Lipinski definition) is 2. The van der Waals surface area contributed by atoms with E-state index in [0.29, 0.717) is 28.5 Å². The number of hydrogen-bond acceptors (Lipinski definition) is 4. The van der Waals surface area contributed by atoms with Gasteiger partial charge in [-0.1, -0.05) is 12.1 Å². The second-order valence-electron chi connectivity index (χ2n) is 4.75. The van der Waals surface area contributed by atoms with E-state index in [0.717, 1.165) is 0 Å². The van der Waals surface area contributed by atoms with Crippen molar-refractivity contribution in [1.82, 2.24) is 0 Å². The van der Waals surface area contributed by atoms with E-state index in [2.05, 4.69) is 5.32 Å². The predicted octanol–water partition coefficient (Wildman–Crippen LogP) is 2.51. The molecule has 0 aromatic heterocycles. The van der Waals surface area contributed by atoms with E-state index in [4.69, 9.17) is 10.5 Å². The van der Waals surface area contributed by atoms with Gasteiger partial charge >= 0.3 is 0 Å². The molecule has 0 aliphatic carbocycles. The summed E-state index contributed by atoms with van der Waals surface area (Å²) in [7, 11) is 1.71. The molecule has 0 saturated carbocycles. The first-order valence-corrected chi connectivity index (χ1v) is 6.40. The highest BCUT2D eigenvalue weighted by molar-refractivity contribution is 5.97. The Morgan fingerprint density at radius 2 is 2.05 bits per heavy atom. The van der Waals surface area contributed by atoms with Crippen molar-refractivity contribution in [2.45, 2.75) is 0 Å². The Labute approximate surface area is 121 Å². The highest BCUT2D eigenvalue weighted by atomic mass is 19.1. The molecule has 6 heteroatoms. The molecular formula is C15H14FN3O2. The van der Waals surface area contributed by atoms with Crippen LogP contribution in [0.4, 0.5) is 27.1 Å². The van der Waals surface area contributed by atoms with Gasteiger partial charge in [0.05, 0.1) is 22.7 Å². The normalized spacial score (nSPS) is 13.1. The summed E-state index contributed by atoms with van der Waals surface area (Å²) in [4.78, 5) is 13.0. The van der Waals surface area contributed by atoms with E-state index in [-0.39, 0.29) is 18.3 Å². The van der Waals surface area contributed by atoms with Crippen LogP contribution in [0.25, 0.3) is 0 Å². The Morgan fingerprint density at radius 3 is 2.81 bits per heavy atom. The zero-order valence-corrected chi connectivity index (χ0v) is 11.4. The van der Waals surface area contributed by atoms with Gasteiger partial charge in [0.1, 0.15) is 11.6 Å². The van der Waals surface area contributed by atoms with Crippen LogP contribution in [0, 0.1) is 5.82 Å². The fourth-order valence-corrected chi connectivity index (χ4v) is 2.27. The second-order valence-corrected chi connectivity index (χ2v) is 4.75. The Bertz CT molecular complexity index is 718. The molecule has 3 rings (SSSR count). The first-order valence-electron chi connectivity index (χ1n) is 6.40. The minimum absolute atomic E-state index is 0.0328. The maximum atomic E-state index is 13.9. The fourth-order valence-electron chi connectivity index (χ4n) is 2.27. The third kappa shape index (κ3) is 2.35. The van der Waals surface area contributed by atoms with Crippen molar-refractivity contribution in [2.75, 3.05) is 29.6 Å². The Morgan fingerprint density at radius 1 is 1.29 bits per heavy atom. The summed E-state index contributed by atoms with van der Waals surface area (Å²) < 4.78 is 19.2. The highest BCUT2D eigenvalue weighted by Gasteiger charge is 2.20. The van der Waals surface area contributed by atoms with E-state index < -0.39 is 0 Å². The summed E-state index contributed by atoms with van der Waals surface area (Å²) in [5.74, 6) is -0.0676. The maximum Gasteiger partial charge on any atom is 0.262 e. The standard InChI is InChI=1S/C15H14FN3O2/c1-19(12-5-3-2-4-9(12)16)13-7-11-14(6-10(13)17)21-8-15(20)18-11/h2-7H,8,17H2,1H3,(H,18,20). The Kier molecular flexibility index (Phi) is 3.13. The van der Waals surface area contributed by atoms with E-state index in [1.807, 2.05) is 0 Å². The van der Waals surface area contributed by atoms with Crippen molar-refractivity contribution in [2.24, 2.45) is 0 Å². The molecule has 1 aliphatic rings. The number of halogens is 1. The molecule has 1 amide bonds. The van der Waals surface area contributed by atoms with Gasteiger partial charge in [-0.15, -0.1) is 0 Å². The molecule has 108 valence electrons. The number of nitrogens with zero attached hydrogens (tertiary/aromatic N) is 1. The number of carbonyl (C=O) groups is 1. The smallest absolute Gasteiger partial charge is 0.262 e. The first-order chi connectivity index (χ1) is 10.1. The maximum absolute atomic E-state index is 13.9. The van der Waals surface area contributed by atoms with Crippen LogP contribution in [0.1, 0.15) is 0 Å². The summed E-state index contributed by atoms with van der Waals surface area (Å²) in [5.41, 5.74) is 7.96. The van der Waals surface area contributed by atoms with Crippen LogP contribution in [-0.2, 0) is 4.79 Å². The van der Waals surface area contributed by atoms with Gasteiger partial charge in [-0.05, 0) is 18.2 Å².